The Kier molecular flexibility index (Phi) is 6.78. The molecule has 0 aromatic heterocycles. The second-order valence-electron chi connectivity index (χ2n) is 4.66. The molecule has 0 unspecified atom stereocenters. The molecule has 1 aromatic carbocycles. The van der Waals surface area contributed by atoms with Crippen LogP contribution in [-0.2, 0) is 20.7 Å². The van der Waals surface area contributed by atoms with Crippen molar-refractivity contribution in [2.45, 2.75) is 38.6 Å². The van der Waals surface area contributed by atoms with Crippen molar-refractivity contribution in [2.75, 3.05) is 7.11 Å². The van der Waals surface area contributed by atoms with Gasteiger partial charge in [0.15, 0.2) is 0 Å². The van der Waals surface area contributed by atoms with Crippen molar-refractivity contribution in [3.63, 3.8) is 0 Å². The summed E-state index contributed by atoms with van der Waals surface area (Å²) < 4.78 is 31.5. The summed E-state index contributed by atoms with van der Waals surface area (Å²) in [6.45, 7) is 1.95. The van der Waals surface area contributed by atoms with Gasteiger partial charge in [-0.15, -0.1) is 0 Å². The predicted octanol–water partition coefficient (Wildman–Crippen LogP) is 2.36. The lowest BCUT2D eigenvalue weighted by Crippen LogP contribution is -2.42. The van der Waals surface area contributed by atoms with E-state index in [0.29, 0.717) is 6.42 Å². The maximum atomic E-state index is 13.5. The van der Waals surface area contributed by atoms with Crippen LogP contribution < -0.4 is 5.32 Å². The van der Waals surface area contributed by atoms with Gasteiger partial charge in [-0.3, -0.25) is 4.79 Å². The van der Waals surface area contributed by atoms with Crippen molar-refractivity contribution in [2.24, 2.45) is 0 Å². The molecule has 1 aromatic rings. The van der Waals surface area contributed by atoms with Crippen LogP contribution in [0.4, 0.5) is 8.78 Å². The highest BCUT2D eigenvalue weighted by atomic mass is 19.1. The number of nitrogens with one attached hydrogen (secondary N) is 1. The number of unbranched alkanes of at least 4 members (excludes halogenated alkanes) is 1. The van der Waals surface area contributed by atoms with E-state index in [1.807, 2.05) is 6.92 Å². The highest BCUT2D eigenvalue weighted by molar-refractivity contribution is 5.85. The van der Waals surface area contributed by atoms with Crippen molar-refractivity contribution >= 4 is 11.9 Å². The Labute approximate surface area is 122 Å². The molecule has 0 aliphatic carbocycles. The van der Waals surface area contributed by atoms with E-state index >= 15 is 0 Å². The van der Waals surface area contributed by atoms with Crippen molar-refractivity contribution < 1.29 is 23.1 Å². The smallest absolute Gasteiger partial charge is 0.328 e. The van der Waals surface area contributed by atoms with Gasteiger partial charge in [0.1, 0.15) is 17.7 Å². The molecule has 0 radical (unpaired) electrons. The molecule has 0 saturated heterocycles. The number of benzene rings is 1. The van der Waals surface area contributed by atoms with Crippen molar-refractivity contribution in [1.29, 1.82) is 0 Å². The minimum Gasteiger partial charge on any atom is -0.467 e. The molecule has 0 heterocycles. The van der Waals surface area contributed by atoms with Crippen LogP contribution in [0.2, 0.25) is 0 Å². The number of rotatable bonds is 7. The van der Waals surface area contributed by atoms with Gasteiger partial charge in [-0.05, 0) is 18.6 Å². The summed E-state index contributed by atoms with van der Waals surface area (Å²) in [4.78, 5) is 23.4. The molecule has 116 valence electrons. The average molecular weight is 299 g/mol. The Bertz CT molecular complexity index is 485. The van der Waals surface area contributed by atoms with Gasteiger partial charge in [-0.25, -0.2) is 13.6 Å². The third-order valence-electron chi connectivity index (χ3n) is 3.07. The molecule has 1 rings (SSSR count). The SMILES string of the molecule is CCCC[C@@H](NC(=O)Cc1c(F)cccc1F)C(=O)OC. The monoisotopic (exact) mass is 299 g/mol. The molecule has 0 fully saturated rings. The highest BCUT2D eigenvalue weighted by Gasteiger charge is 2.22. The molecular formula is C15H19F2NO3. The van der Waals surface area contributed by atoms with E-state index in [2.05, 4.69) is 10.1 Å². The zero-order chi connectivity index (χ0) is 15.8. The van der Waals surface area contributed by atoms with Crippen LogP contribution in [0.1, 0.15) is 31.7 Å². The first-order chi connectivity index (χ1) is 9.99. The summed E-state index contributed by atoms with van der Waals surface area (Å²) in [5.41, 5.74) is -0.311. The fourth-order valence-corrected chi connectivity index (χ4v) is 1.91. The first kappa shape index (κ1) is 17.1. The van der Waals surface area contributed by atoms with Crippen molar-refractivity contribution in [3.8, 4) is 0 Å². The molecule has 0 bridgehead atoms. The lowest BCUT2D eigenvalue weighted by atomic mass is 10.1. The minimum atomic E-state index is -0.794. The molecule has 1 N–H and O–H groups in total. The molecule has 1 atom stereocenters. The van der Waals surface area contributed by atoms with Crippen LogP contribution in [0, 0.1) is 11.6 Å². The third-order valence-corrected chi connectivity index (χ3v) is 3.07. The summed E-state index contributed by atoms with van der Waals surface area (Å²) in [5.74, 6) is -2.75. The van der Waals surface area contributed by atoms with Crippen LogP contribution in [-0.4, -0.2) is 25.0 Å². The zero-order valence-electron chi connectivity index (χ0n) is 12.1. The van der Waals surface area contributed by atoms with E-state index in [1.165, 1.54) is 13.2 Å². The fourth-order valence-electron chi connectivity index (χ4n) is 1.91. The molecule has 0 aliphatic heterocycles. The third kappa shape index (κ3) is 5.13. The molecule has 0 spiro atoms. The number of hydrogen-bond acceptors (Lipinski definition) is 3. The second kappa shape index (κ2) is 8.34. The Morgan fingerprint density at radius 1 is 1.29 bits per heavy atom. The van der Waals surface area contributed by atoms with Crippen molar-refractivity contribution in [3.05, 3.63) is 35.4 Å². The van der Waals surface area contributed by atoms with Gasteiger partial charge >= 0.3 is 5.97 Å². The second-order valence-corrected chi connectivity index (χ2v) is 4.66. The molecule has 21 heavy (non-hydrogen) atoms. The summed E-state index contributed by atoms with van der Waals surface area (Å²) in [6, 6.07) is 2.60. The number of halogens is 2. The van der Waals surface area contributed by atoms with Gasteiger partial charge in [-0.1, -0.05) is 25.8 Å². The first-order valence-corrected chi connectivity index (χ1v) is 6.79. The van der Waals surface area contributed by atoms with Crippen LogP contribution in [0.15, 0.2) is 18.2 Å². The lowest BCUT2D eigenvalue weighted by Gasteiger charge is -2.16. The Morgan fingerprint density at radius 3 is 2.43 bits per heavy atom. The number of ether oxygens (including phenoxy) is 1. The average Bonchev–Trinajstić information content (AvgIpc) is 2.46. The van der Waals surface area contributed by atoms with Gasteiger partial charge in [0.25, 0.3) is 0 Å². The van der Waals surface area contributed by atoms with Gasteiger partial charge < -0.3 is 10.1 Å². The quantitative estimate of drug-likeness (QED) is 0.786. The van der Waals surface area contributed by atoms with Gasteiger partial charge in [0.05, 0.1) is 13.5 Å². The van der Waals surface area contributed by atoms with Crippen LogP contribution >= 0.6 is 0 Å². The van der Waals surface area contributed by atoms with Crippen molar-refractivity contribution in [1.82, 2.24) is 5.32 Å². The van der Waals surface area contributed by atoms with E-state index in [0.717, 1.165) is 25.0 Å². The first-order valence-electron chi connectivity index (χ1n) is 6.79. The van der Waals surface area contributed by atoms with Gasteiger partial charge in [0, 0.05) is 5.56 Å². The number of esters is 1. The standard InChI is InChI=1S/C15H19F2NO3/c1-3-4-8-13(15(20)21-2)18-14(19)9-10-11(16)6-5-7-12(10)17/h5-7,13H,3-4,8-9H2,1-2H3,(H,18,19)/t13-/m1/s1. The zero-order valence-corrected chi connectivity index (χ0v) is 12.1. The van der Waals surface area contributed by atoms with E-state index < -0.39 is 36.0 Å². The van der Waals surface area contributed by atoms with Crippen LogP contribution in [0.25, 0.3) is 0 Å². The molecule has 6 heteroatoms. The Morgan fingerprint density at radius 2 is 1.90 bits per heavy atom. The van der Waals surface area contributed by atoms with E-state index in [-0.39, 0.29) is 5.56 Å². The number of hydrogen-bond donors (Lipinski definition) is 1. The molecule has 4 nitrogen and oxygen atoms in total. The molecule has 0 aliphatic rings. The van der Waals surface area contributed by atoms with E-state index in [9.17, 15) is 18.4 Å². The summed E-state index contributed by atoms with van der Waals surface area (Å²) in [6.07, 6.45) is 1.55. The highest BCUT2D eigenvalue weighted by Crippen LogP contribution is 2.13. The Balaban J connectivity index is 2.71. The fraction of sp³-hybridized carbons (Fsp3) is 0.467. The van der Waals surface area contributed by atoms with Crippen LogP contribution in [0.5, 0.6) is 0 Å². The predicted molar refractivity (Wildman–Crippen MR) is 73.5 cm³/mol. The largest absolute Gasteiger partial charge is 0.467 e. The summed E-state index contributed by atoms with van der Waals surface area (Å²) in [7, 11) is 1.23. The topological polar surface area (TPSA) is 55.4 Å². The lowest BCUT2D eigenvalue weighted by molar-refractivity contribution is -0.145. The summed E-state index contributed by atoms with van der Waals surface area (Å²) >= 11 is 0. The van der Waals surface area contributed by atoms with Gasteiger partial charge in [0.2, 0.25) is 5.91 Å². The maximum Gasteiger partial charge on any atom is 0.328 e. The number of carbonyl (C=O) groups excluding carboxylic acids is 2. The minimum absolute atomic E-state index is 0.311. The van der Waals surface area contributed by atoms with Gasteiger partial charge in [-0.2, -0.15) is 0 Å². The van der Waals surface area contributed by atoms with E-state index in [4.69, 9.17) is 0 Å². The van der Waals surface area contributed by atoms with E-state index in [1.54, 1.807) is 0 Å². The number of amides is 1. The number of carbonyl (C=O) groups is 2. The van der Waals surface area contributed by atoms with Crippen LogP contribution in [0.3, 0.4) is 0 Å². The number of methoxy groups -OCH3 is 1. The molecular weight excluding hydrogens is 280 g/mol. The maximum absolute atomic E-state index is 13.5. The summed E-state index contributed by atoms with van der Waals surface area (Å²) in [5, 5.41) is 2.46. The molecule has 1 amide bonds. The normalized spacial score (nSPS) is 11.8. The molecule has 0 saturated carbocycles. The Hall–Kier alpha value is -1.98.